The Balaban J connectivity index is 2.16. The number of ether oxygens (including phenoxy) is 1. The molecular weight excluding hydrogens is 256 g/mol. The van der Waals surface area contributed by atoms with Crippen LogP contribution in [0.5, 0.6) is 0 Å². The molecule has 1 heterocycles. The van der Waals surface area contributed by atoms with E-state index in [0.717, 1.165) is 11.3 Å². The summed E-state index contributed by atoms with van der Waals surface area (Å²) >= 11 is 0. The van der Waals surface area contributed by atoms with Gasteiger partial charge < -0.3 is 14.6 Å². The fourth-order valence-electron chi connectivity index (χ4n) is 1.88. The van der Waals surface area contributed by atoms with Gasteiger partial charge in [0.05, 0.1) is 18.4 Å². The molecule has 0 bridgehead atoms. The van der Waals surface area contributed by atoms with Gasteiger partial charge in [0, 0.05) is 25.9 Å². The van der Waals surface area contributed by atoms with E-state index < -0.39 is 0 Å². The van der Waals surface area contributed by atoms with Gasteiger partial charge in [-0.25, -0.2) is 4.79 Å². The van der Waals surface area contributed by atoms with Crippen LogP contribution in [0.4, 0.5) is 5.69 Å². The summed E-state index contributed by atoms with van der Waals surface area (Å²) in [5.41, 5.74) is 2.12. The second-order valence-electron chi connectivity index (χ2n) is 4.37. The lowest BCUT2D eigenvalue weighted by molar-refractivity contribution is 0.0599. The van der Waals surface area contributed by atoms with Gasteiger partial charge in [0.1, 0.15) is 0 Å². The molecule has 104 valence electrons. The molecule has 0 unspecified atom stereocenters. The zero-order chi connectivity index (χ0) is 14.5. The number of nitrogens with one attached hydrogen (secondary N) is 1. The summed E-state index contributed by atoms with van der Waals surface area (Å²) in [6.07, 6.45) is 1.71. The van der Waals surface area contributed by atoms with E-state index in [-0.39, 0.29) is 11.5 Å². The van der Waals surface area contributed by atoms with Gasteiger partial charge in [-0.15, -0.1) is 0 Å². The summed E-state index contributed by atoms with van der Waals surface area (Å²) < 4.78 is 6.25. The summed E-state index contributed by atoms with van der Waals surface area (Å²) in [6, 6.07) is 10.5. The zero-order valence-corrected chi connectivity index (χ0v) is 11.4. The van der Waals surface area contributed by atoms with Gasteiger partial charge in [-0.05, 0) is 17.7 Å². The number of anilines is 1. The molecule has 1 aromatic carbocycles. The Morgan fingerprint density at radius 2 is 2.00 bits per heavy atom. The monoisotopic (exact) mass is 272 g/mol. The molecule has 1 aromatic heterocycles. The van der Waals surface area contributed by atoms with Crippen LogP contribution in [-0.4, -0.2) is 17.6 Å². The Labute approximate surface area is 116 Å². The number of hydrogen-bond donors (Lipinski definition) is 1. The van der Waals surface area contributed by atoms with Gasteiger partial charge in [-0.3, -0.25) is 4.79 Å². The summed E-state index contributed by atoms with van der Waals surface area (Å²) in [6.45, 7) is 0.476. The van der Waals surface area contributed by atoms with Crippen LogP contribution in [0.2, 0.25) is 0 Å². The maximum atomic E-state index is 11.6. The lowest BCUT2D eigenvalue weighted by Gasteiger charge is -2.10. The van der Waals surface area contributed by atoms with Gasteiger partial charge in [0.25, 0.3) is 0 Å². The minimum absolute atomic E-state index is 0.0643. The topological polar surface area (TPSA) is 60.3 Å². The van der Waals surface area contributed by atoms with Crippen molar-refractivity contribution in [3.63, 3.8) is 0 Å². The van der Waals surface area contributed by atoms with E-state index in [4.69, 9.17) is 4.74 Å². The number of hydrogen-bond acceptors (Lipinski definition) is 4. The smallest absolute Gasteiger partial charge is 0.338 e. The maximum Gasteiger partial charge on any atom is 0.338 e. The van der Waals surface area contributed by atoms with Crippen molar-refractivity contribution in [1.82, 2.24) is 4.57 Å². The molecule has 0 spiro atoms. The molecule has 20 heavy (non-hydrogen) atoms. The van der Waals surface area contributed by atoms with Crippen molar-refractivity contribution in [2.75, 3.05) is 12.4 Å². The highest BCUT2D eigenvalue weighted by Gasteiger charge is 2.10. The van der Waals surface area contributed by atoms with Gasteiger partial charge in [-0.2, -0.15) is 0 Å². The van der Waals surface area contributed by atoms with Gasteiger partial charge in [0.2, 0.25) is 5.56 Å². The molecule has 0 aliphatic heterocycles. The number of rotatable bonds is 4. The summed E-state index contributed by atoms with van der Waals surface area (Å²) in [5.74, 6) is -0.358. The maximum absolute atomic E-state index is 11.6. The van der Waals surface area contributed by atoms with E-state index in [1.165, 1.54) is 17.7 Å². The van der Waals surface area contributed by atoms with E-state index >= 15 is 0 Å². The van der Waals surface area contributed by atoms with E-state index in [1.54, 1.807) is 31.4 Å². The van der Waals surface area contributed by atoms with Gasteiger partial charge in [0.15, 0.2) is 0 Å². The van der Waals surface area contributed by atoms with Gasteiger partial charge >= 0.3 is 5.97 Å². The van der Waals surface area contributed by atoms with Crippen molar-refractivity contribution in [3.05, 3.63) is 64.1 Å². The quantitative estimate of drug-likeness (QED) is 0.862. The highest BCUT2D eigenvalue weighted by molar-refractivity contribution is 5.91. The molecular formula is C15H16N2O3. The first kappa shape index (κ1) is 13.9. The first-order chi connectivity index (χ1) is 9.61. The number of nitrogens with zero attached hydrogens (tertiary/aromatic N) is 1. The molecule has 0 aliphatic rings. The molecule has 5 nitrogen and oxygen atoms in total. The van der Waals surface area contributed by atoms with Crippen LogP contribution in [0.25, 0.3) is 0 Å². The molecule has 2 aromatic rings. The molecule has 5 heteroatoms. The molecule has 0 radical (unpaired) electrons. The number of aromatic nitrogens is 1. The highest BCUT2D eigenvalue weighted by atomic mass is 16.5. The predicted octanol–water partition coefficient (Wildman–Crippen LogP) is 1.78. The number of aryl methyl sites for hydroxylation is 1. The first-order valence-electron chi connectivity index (χ1n) is 6.18. The lowest BCUT2D eigenvalue weighted by atomic mass is 10.1. The number of carbonyl (C=O) groups excluding carboxylic acids is 1. The number of carbonyl (C=O) groups is 1. The third kappa shape index (κ3) is 3.06. The third-order valence-electron chi connectivity index (χ3n) is 2.99. The van der Waals surface area contributed by atoms with Crippen molar-refractivity contribution in [1.29, 1.82) is 0 Å². The van der Waals surface area contributed by atoms with Crippen LogP contribution in [0.15, 0.2) is 47.4 Å². The van der Waals surface area contributed by atoms with Crippen molar-refractivity contribution in [2.45, 2.75) is 6.54 Å². The second-order valence-corrected chi connectivity index (χ2v) is 4.37. The fourth-order valence-corrected chi connectivity index (χ4v) is 1.88. The van der Waals surface area contributed by atoms with E-state index in [9.17, 15) is 9.59 Å². The average molecular weight is 272 g/mol. The Kier molecular flexibility index (Phi) is 4.20. The number of benzene rings is 1. The van der Waals surface area contributed by atoms with Crippen LogP contribution in [-0.2, 0) is 18.3 Å². The van der Waals surface area contributed by atoms with Crippen LogP contribution in [0, 0.1) is 0 Å². The second kappa shape index (κ2) is 6.06. The predicted molar refractivity (Wildman–Crippen MR) is 76.8 cm³/mol. The minimum Gasteiger partial charge on any atom is -0.465 e. The summed E-state index contributed by atoms with van der Waals surface area (Å²) in [5, 5.41) is 3.18. The Morgan fingerprint density at radius 1 is 1.25 bits per heavy atom. The molecule has 2 rings (SSSR count). The Morgan fingerprint density at radius 3 is 2.70 bits per heavy atom. The molecule has 0 fully saturated rings. The Hall–Kier alpha value is -2.56. The standard InChI is InChI=1S/C15H16N2O3/c1-17-10-12(7-8-14(17)18)16-9-11-5-3-4-6-13(11)15(19)20-2/h3-8,10,16H,9H2,1-2H3. The number of methoxy groups -OCH3 is 1. The number of esters is 1. The normalized spacial score (nSPS) is 10.1. The largest absolute Gasteiger partial charge is 0.465 e. The molecule has 0 aliphatic carbocycles. The zero-order valence-electron chi connectivity index (χ0n) is 11.4. The SMILES string of the molecule is COC(=O)c1ccccc1CNc1ccc(=O)n(C)c1. The van der Waals surface area contributed by atoms with E-state index in [1.807, 2.05) is 12.1 Å². The summed E-state index contributed by atoms with van der Waals surface area (Å²) in [7, 11) is 3.05. The third-order valence-corrected chi connectivity index (χ3v) is 2.99. The van der Waals surface area contributed by atoms with Crippen LogP contribution in [0.3, 0.4) is 0 Å². The van der Waals surface area contributed by atoms with Crippen molar-refractivity contribution >= 4 is 11.7 Å². The lowest BCUT2D eigenvalue weighted by Crippen LogP contribution is -2.15. The van der Waals surface area contributed by atoms with Gasteiger partial charge in [-0.1, -0.05) is 18.2 Å². The minimum atomic E-state index is -0.358. The summed E-state index contributed by atoms with van der Waals surface area (Å²) in [4.78, 5) is 23.0. The molecule has 1 N–H and O–H groups in total. The first-order valence-corrected chi connectivity index (χ1v) is 6.18. The highest BCUT2D eigenvalue weighted by Crippen LogP contribution is 2.12. The van der Waals surface area contributed by atoms with Crippen molar-refractivity contribution in [3.8, 4) is 0 Å². The van der Waals surface area contributed by atoms with Crippen molar-refractivity contribution < 1.29 is 9.53 Å². The van der Waals surface area contributed by atoms with Crippen LogP contribution >= 0.6 is 0 Å². The van der Waals surface area contributed by atoms with E-state index in [2.05, 4.69) is 5.32 Å². The number of pyridine rings is 1. The van der Waals surface area contributed by atoms with Crippen molar-refractivity contribution in [2.24, 2.45) is 7.05 Å². The Bertz CT molecular complexity index is 677. The molecule has 0 saturated heterocycles. The van der Waals surface area contributed by atoms with E-state index in [0.29, 0.717) is 12.1 Å². The molecule has 0 amide bonds. The van der Waals surface area contributed by atoms with Crippen LogP contribution in [0.1, 0.15) is 15.9 Å². The molecule has 0 atom stereocenters. The fraction of sp³-hybridized carbons (Fsp3) is 0.200. The molecule has 0 saturated carbocycles. The van der Waals surface area contributed by atoms with Crippen LogP contribution < -0.4 is 10.9 Å². The average Bonchev–Trinajstić information content (AvgIpc) is 2.48.